The first-order chi connectivity index (χ1) is 13.7. The fraction of sp³-hybridized carbons (Fsp3) is 0.450. The maximum absolute atomic E-state index is 12.4. The first-order valence-corrected chi connectivity index (χ1v) is 11.2. The average molecular weight is 416 g/mol. The number of likely N-dealkylation sites (N-methyl/N-ethyl adjacent to an activating group) is 1. The molecule has 29 heavy (non-hydrogen) atoms. The summed E-state index contributed by atoms with van der Waals surface area (Å²) in [6.07, 6.45) is 0.584. The van der Waals surface area contributed by atoms with Crippen molar-refractivity contribution in [2.45, 2.75) is 32.9 Å². The molecule has 2 heterocycles. The SMILES string of the molecule is Cc1nn([C@@H]2CCS(=O)(=O)C2)c(C)c1CN(C)CC(=O)Nc1ccccc1C#N. The predicted octanol–water partition coefficient (Wildman–Crippen LogP) is 1.80. The van der Waals surface area contributed by atoms with Gasteiger partial charge in [0, 0.05) is 17.8 Å². The van der Waals surface area contributed by atoms with E-state index in [1.807, 2.05) is 30.5 Å². The molecule has 1 aromatic heterocycles. The van der Waals surface area contributed by atoms with Crippen LogP contribution in [0, 0.1) is 25.2 Å². The number of aryl methyl sites for hydroxylation is 1. The molecule has 0 radical (unpaired) electrons. The Hall–Kier alpha value is -2.70. The zero-order chi connectivity index (χ0) is 21.2. The second kappa shape index (κ2) is 8.35. The summed E-state index contributed by atoms with van der Waals surface area (Å²) in [5.74, 6) is 0.125. The van der Waals surface area contributed by atoms with Gasteiger partial charge < -0.3 is 5.32 Å². The van der Waals surface area contributed by atoms with E-state index in [2.05, 4.69) is 16.5 Å². The number of carbonyl (C=O) groups excluding carboxylic acids is 1. The first-order valence-electron chi connectivity index (χ1n) is 9.42. The van der Waals surface area contributed by atoms with Gasteiger partial charge in [0.1, 0.15) is 6.07 Å². The lowest BCUT2D eigenvalue weighted by Gasteiger charge is -2.17. The van der Waals surface area contributed by atoms with Gasteiger partial charge in [0.05, 0.1) is 41.0 Å². The van der Waals surface area contributed by atoms with Gasteiger partial charge in [-0.3, -0.25) is 14.4 Å². The fourth-order valence-corrected chi connectivity index (χ4v) is 5.39. The summed E-state index contributed by atoms with van der Waals surface area (Å²) in [5.41, 5.74) is 3.70. The Bertz CT molecular complexity index is 1070. The minimum absolute atomic E-state index is 0.122. The molecule has 1 fully saturated rings. The van der Waals surface area contributed by atoms with Crippen LogP contribution in [0.4, 0.5) is 5.69 Å². The van der Waals surface area contributed by atoms with E-state index >= 15 is 0 Å². The molecule has 1 aliphatic heterocycles. The highest BCUT2D eigenvalue weighted by atomic mass is 32.2. The fourth-order valence-electron chi connectivity index (χ4n) is 3.70. The standard InChI is InChI=1S/C20H25N5O3S/c1-14-18(15(2)25(23-14)17-8-9-29(27,28)13-17)11-24(3)12-20(26)22-19-7-5-4-6-16(19)10-21/h4-7,17H,8-9,11-13H2,1-3H3,(H,22,26)/t17-/m1/s1. The number of amides is 1. The van der Waals surface area contributed by atoms with Gasteiger partial charge in [-0.05, 0) is 39.4 Å². The van der Waals surface area contributed by atoms with Gasteiger partial charge in [0.2, 0.25) is 5.91 Å². The molecule has 0 bridgehead atoms. The zero-order valence-electron chi connectivity index (χ0n) is 16.8. The molecule has 0 unspecified atom stereocenters. The Kier molecular flexibility index (Phi) is 6.05. The van der Waals surface area contributed by atoms with Gasteiger partial charge in [-0.1, -0.05) is 12.1 Å². The molecular formula is C20H25N5O3S. The van der Waals surface area contributed by atoms with Crippen molar-refractivity contribution >= 4 is 21.4 Å². The van der Waals surface area contributed by atoms with Gasteiger partial charge in [-0.2, -0.15) is 10.4 Å². The summed E-state index contributed by atoms with van der Waals surface area (Å²) in [4.78, 5) is 14.3. The van der Waals surface area contributed by atoms with Crippen LogP contribution in [0.5, 0.6) is 0 Å². The summed E-state index contributed by atoms with van der Waals surface area (Å²) < 4.78 is 25.4. The minimum Gasteiger partial charge on any atom is -0.324 e. The highest BCUT2D eigenvalue weighted by molar-refractivity contribution is 7.91. The Balaban J connectivity index is 1.66. The molecule has 2 aromatic rings. The third kappa shape index (κ3) is 4.83. The highest BCUT2D eigenvalue weighted by Gasteiger charge is 2.31. The number of aromatic nitrogens is 2. The zero-order valence-corrected chi connectivity index (χ0v) is 17.7. The molecule has 9 heteroatoms. The van der Waals surface area contributed by atoms with Crippen molar-refractivity contribution in [2.24, 2.45) is 0 Å². The summed E-state index contributed by atoms with van der Waals surface area (Å²) in [7, 11) is -1.15. The van der Waals surface area contributed by atoms with E-state index in [1.165, 1.54) is 0 Å². The number of hydrogen-bond donors (Lipinski definition) is 1. The maximum Gasteiger partial charge on any atom is 0.238 e. The molecule has 154 valence electrons. The Labute approximate surface area is 171 Å². The number of nitriles is 1. The summed E-state index contributed by atoms with van der Waals surface area (Å²) in [6, 6.07) is 8.81. The van der Waals surface area contributed by atoms with Crippen LogP contribution in [0.3, 0.4) is 0 Å². The van der Waals surface area contributed by atoms with Crippen molar-refractivity contribution in [1.82, 2.24) is 14.7 Å². The van der Waals surface area contributed by atoms with Crippen LogP contribution in [-0.2, 0) is 21.2 Å². The number of hydrogen-bond acceptors (Lipinski definition) is 6. The maximum atomic E-state index is 12.4. The molecular weight excluding hydrogens is 390 g/mol. The number of sulfone groups is 1. The van der Waals surface area contributed by atoms with Crippen LogP contribution in [0.15, 0.2) is 24.3 Å². The van der Waals surface area contributed by atoms with E-state index in [0.29, 0.717) is 24.2 Å². The van der Waals surface area contributed by atoms with Crippen molar-refractivity contribution in [3.63, 3.8) is 0 Å². The van der Waals surface area contributed by atoms with Gasteiger partial charge in [0.15, 0.2) is 9.84 Å². The van der Waals surface area contributed by atoms with Crippen molar-refractivity contribution in [2.75, 3.05) is 30.4 Å². The molecule has 1 N–H and O–H groups in total. The molecule has 0 spiro atoms. The van der Waals surface area contributed by atoms with Gasteiger partial charge in [-0.15, -0.1) is 0 Å². The second-order valence-electron chi connectivity index (χ2n) is 7.53. The van der Waals surface area contributed by atoms with Crippen LogP contribution >= 0.6 is 0 Å². The lowest BCUT2D eigenvalue weighted by molar-refractivity contribution is -0.117. The van der Waals surface area contributed by atoms with Crippen LogP contribution in [0.2, 0.25) is 0 Å². The quantitative estimate of drug-likeness (QED) is 0.771. The van der Waals surface area contributed by atoms with Gasteiger partial charge >= 0.3 is 0 Å². The van der Waals surface area contributed by atoms with Crippen molar-refractivity contribution in [1.29, 1.82) is 5.26 Å². The largest absolute Gasteiger partial charge is 0.324 e. The number of nitrogens with zero attached hydrogens (tertiary/aromatic N) is 4. The molecule has 0 saturated carbocycles. The van der Waals surface area contributed by atoms with Crippen molar-refractivity contribution in [3.05, 3.63) is 46.8 Å². The van der Waals surface area contributed by atoms with Gasteiger partial charge in [-0.25, -0.2) is 8.42 Å². The monoisotopic (exact) mass is 415 g/mol. The first kappa shape index (κ1) is 21.0. The van der Waals surface area contributed by atoms with E-state index in [9.17, 15) is 13.2 Å². The third-order valence-electron chi connectivity index (χ3n) is 5.19. The predicted molar refractivity (Wildman–Crippen MR) is 110 cm³/mol. The van der Waals surface area contributed by atoms with E-state index in [1.54, 1.807) is 24.3 Å². The lowest BCUT2D eigenvalue weighted by Crippen LogP contribution is -2.30. The Morgan fingerprint density at radius 3 is 2.76 bits per heavy atom. The van der Waals surface area contributed by atoms with Crippen LogP contribution < -0.4 is 5.32 Å². The Morgan fingerprint density at radius 1 is 1.38 bits per heavy atom. The second-order valence-corrected chi connectivity index (χ2v) is 9.76. The highest BCUT2D eigenvalue weighted by Crippen LogP contribution is 2.27. The van der Waals surface area contributed by atoms with E-state index in [0.717, 1.165) is 17.0 Å². The summed E-state index contributed by atoms with van der Waals surface area (Å²) in [6.45, 7) is 4.52. The van der Waals surface area contributed by atoms with E-state index in [-0.39, 0.29) is 30.0 Å². The summed E-state index contributed by atoms with van der Waals surface area (Å²) >= 11 is 0. The molecule has 0 aliphatic carbocycles. The smallest absolute Gasteiger partial charge is 0.238 e. The molecule has 8 nitrogen and oxygen atoms in total. The van der Waals surface area contributed by atoms with E-state index < -0.39 is 9.84 Å². The molecule has 1 saturated heterocycles. The Morgan fingerprint density at radius 2 is 2.10 bits per heavy atom. The number of carbonyl (C=O) groups is 1. The molecule has 1 atom stereocenters. The minimum atomic E-state index is -2.99. The molecule has 1 aromatic carbocycles. The molecule has 3 rings (SSSR count). The normalized spacial score (nSPS) is 18.0. The lowest BCUT2D eigenvalue weighted by atomic mass is 10.1. The van der Waals surface area contributed by atoms with Gasteiger partial charge in [0.25, 0.3) is 0 Å². The van der Waals surface area contributed by atoms with Crippen molar-refractivity contribution < 1.29 is 13.2 Å². The van der Waals surface area contributed by atoms with Crippen LogP contribution in [0.1, 0.15) is 35.0 Å². The van der Waals surface area contributed by atoms with Crippen LogP contribution in [-0.4, -0.2) is 54.1 Å². The molecule has 1 amide bonds. The number of para-hydroxylation sites is 1. The number of anilines is 1. The number of nitrogens with one attached hydrogen (secondary N) is 1. The topological polar surface area (TPSA) is 108 Å². The number of rotatable bonds is 6. The third-order valence-corrected chi connectivity index (χ3v) is 6.94. The average Bonchev–Trinajstić information content (AvgIpc) is 3.15. The van der Waals surface area contributed by atoms with Crippen molar-refractivity contribution in [3.8, 4) is 6.07 Å². The van der Waals surface area contributed by atoms with E-state index in [4.69, 9.17) is 5.26 Å². The molecule has 1 aliphatic rings. The summed E-state index contributed by atoms with van der Waals surface area (Å²) in [5, 5.41) is 16.5. The number of benzene rings is 1. The van der Waals surface area contributed by atoms with Crippen LogP contribution in [0.25, 0.3) is 0 Å².